The third kappa shape index (κ3) is 2.37. The summed E-state index contributed by atoms with van der Waals surface area (Å²) in [6.07, 6.45) is 0.468. The van der Waals surface area contributed by atoms with Crippen molar-refractivity contribution in [2.45, 2.75) is 11.2 Å². The number of nitrogens with one attached hydrogen (secondary N) is 1. The maximum absolute atomic E-state index is 11.8. The normalized spacial score (nSPS) is 19.2. The van der Waals surface area contributed by atoms with Gasteiger partial charge in [0.2, 0.25) is 5.91 Å². The number of alkyl halides is 1. The Labute approximate surface area is 123 Å². The summed E-state index contributed by atoms with van der Waals surface area (Å²) in [5.41, 5.74) is 0.768. The Kier molecular flexibility index (Phi) is 3.28. The van der Waals surface area contributed by atoms with E-state index in [-0.39, 0.29) is 10.7 Å². The van der Waals surface area contributed by atoms with Gasteiger partial charge < -0.3 is 0 Å². The summed E-state index contributed by atoms with van der Waals surface area (Å²) in [6.45, 7) is 0.582. The summed E-state index contributed by atoms with van der Waals surface area (Å²) < 4.78 is 0. The molecule has 98 valence electrons. The van der Waals surface area contributed by atoms with E-state index in [4.69, 9.17) is 11.6 Å². The molecule has 1 aliphatic rings. The molecule has 1 saturated heterocycles. The number of benzene rings is 1. The van der Waals surface area contributed by atoms with Gasteiger partial charge in [-0.25, -0.2) is 0 Å². The van der Waals surface area contributed by atoms with Crippen molar-refractivity contribution >= 4 is 39.4 Å². The first-order valence-corrected chi connectivity index (χ1v) is 7.06. The first-order chi connectivity index (χ1) is 9.15. The quantitative estimate of drug-likeness (QED) is 0.854. The van der Waals surface area contributed by atoms with Crippen LogP contribution < -0.4 is 4.90 Å². The topological polar surface area (TPSA) is 61.9 Å². The maximum atomic E-state index is 11.8. The van der Waals surface area contributed by atoms with Gasteiger partial charge in [-0.1, -0.05) is 39.7 Å². The van der Waals surface area contributed by atoms with Gasteiger partial charge in [0.1, 0.15) is 0 Å². The predicted molar refractivity (Wildman–Crippen MR) is 76.5 cm³/mol. The van der Waals surface area contributed by atoms with E-state index in [1.54, 1.807) is 11.0 Å². The molecule has 0 radical (unpaired) electrons. The van der Waals surface area contributed by atoms with E-state index in [1.165, 1.54) is 0 Å². The number of aromatic nitrogens is 3. The lowest BCUT2D eigenvalue weighted by molar-refractivity contribution is -0.117. The van der Waals surface area contributed by atoms with Crippen LogP contribution in [0.3, 0.4) is 0 Å². The molecule has 3 rings (SSSR count). The fourth-order valence-electron chi connectivity index (χ4n) is 2.00. The molecule has 0 saturated carbocycles. The van der Waals surface area contributed by atoms with E-state index in [2.05, 4.69) is 31.1 Å². The Morgan fingerprint density at radius 1 is 1.42 bits per heavy atom. The summed E-state index contributed by atoms with van der Waals surface area (Å²) in [4.78, 5) is 17.8. The van der Waals surface area contributed by atoms with Crippen LogP contribution in [-0.4, -0.2) is 32.5 Å². The van der Waals surface area contributed by atoms with E-state index >= 15 is 0 Å². The summed E-state index contributed by atoms with van der Waals surface area (Å²) in [7, 11) is 0. The zero-order valence-electron chi connectivity index (χ0n) is 9.81. The molecular formula is C12H10BrClN4O. The number of rotatable bonds is 2. The van der Waals surface area contributed by atoms with Crippen LogP contribution in [0.15, 0.2) is 24.3 Å². The summed E-state index contributed by atoms with van der Waals surface area (Å²) >= 11 is 9.53. The number of nitrogens with zero attached hydrogens (tertiary/aromatic N) is 3. The molecule has 1 fully saturated rings. The zero-order valence-corrected chi connectivity index (χ0v) is 12.1. The maximum Gasteiger partial charge on any atom is 0.251 e. The SMILES string of the molecule is O=C1CC(Br)CN1c1n[nH]c(-c2ccccc2Cl)n1. The van der Waals surface area contributed by atoms with Crippen LogP contribution in [0, 0.1) is 0 Å². The Morgan fingerprint density at radius 2 is 2.21 bits per heavy atom. The molecule has 5 nitrogen and oxygen atoms in total. The van der Waals surface area contributed by atoms with Gasteiger partial charge in [0.05, 0.1) is 5.02 Å². The number of amides is 1. The lowest BCUT2D eigenvalue weighted by atomic mass is 10.2. The lowest BCUT2D eigenvalue weighted by Crippen LogP contribution is -2.25. The van der Waals surface area contributed by atoms with Crippen LogP contribution in [0.2, 0.25) is 5.02 Å². The number of aromatic amines is 1. The highest BCUT2D eigenvalue weighted by molar-refractivity contribution is 9.09. The van der Waals surface area contributed by atoms with Crippen molar-refractivity contribution in [1.29, 1.82) is 0 Å². The minimum atomic E-state index is 0.0200. The second-order valence-electron chi connectivity index (χ2n) is 4.27. The molecule has 1 amide bonds. The minimum absolute atomic E-state index is 0.0200. The first kappa shape index (κ1) is 12.6. The van der Waals surface area contributed by atoms with Crippen LogP contribution in [0.5, 0.6) is 0 Å². The average Bonchev–Trinajstić information content (AvgIpc) is 2.96. The van der Waals surface area contributed by atoms with E-state index in [1.807, 2.05) is 18.2 Å². The van der Waals surface area contributed by atoms with Crippen molar-refractivity contribution in [2.24, 2.45) is 0 Å². The van der Waals surface area contributed by atoms with Crippen molar-refractivity contribution in [3.05, 3.63) is 29.3 Å². The van der Waals surface area contributed by atoms with Gasteiger partial charge in [0.25, 0.3) is 5.95 Å². The highest BCUT2D eigenvalue weighted by atomic mass is 79.9. The van der Waals surface area contributed by atoms with E-state index in [0.29, 0.717) is 29.8 Å². The molecule has 19 heavy (non-hydrogen) atoms. The van der Waals surface area contributed by atoms with E-state index < -0.39 is 0 Å². The minimum Gasteiger partial charge on any atom is -0.278 e. The zero-order chi connectivity index (χ0) is 13.4. The number of carbonyl (C=O) groups is 1. The van der Waals surface area contributed by atoms with Crippen molar-refractivity contribution in [2.75, 3.05) is 11.4 Å². The molecule has 0 aliphatic carbocycles. The molecule has 0 spiro atoms. The standard InChI is InChI=1S/C12H10BrClN4O/c13-7-5-10(19)18(6-7)12-15-11(16-17-12)8-3-1-2-4-9(8)14/h1-4,7H,5-6H2,(H,15,16,17). The van der Waals surface area contributed by atoms with Crippen LogP contribution in [0.4, 0.5) is 5.95 Å². The second kappa shape index (κ2) is 4.94. The molecular weight excluding hydrogens is 332 g/mol. The molecule has 1 N–H and O–H groups in total. The van der Waals surface area contributed by atoms with Crippen molar-refractivity contribution < 1.29 is 4.79 Å². The Bertz CT molecular complexity index is 630. The Balaban J connectivity index is 1.92. The number of carbonyl (C=O) groups excluding carboxylic acids is 1. The Hall–Kier alpha value is -1.40. The molecule has 2 aromatic rings. The lowest BCUT2D eigenvalue weighted by Gasteiger charge is -2.09. The fraction of sp³-hybridized carbons (Fsp3) is 0.250. The van der Waals surface area contributed by atoms with Gasteiger partial charge in [0, 0.05) is 23.4 Å². The largest absolute Gasteiger partial charge is 0.278 e. The third-order valence-corrected chi connectivity index (χ3v) is 3.86. The van der Waals surface area contributed by atoms with Crippen molar-refractivity contribution in [3.8, 4) is 11.4 Å². The number of anilines is 1. The van der Waals surface area contributed by atoms with Crippen LogP contribution >= 0.6 is 27.5 Å². The van der Waals surface area contributed by atoms with Gasteiger partial charge in [-0.15, -0.1) is 5.10 Å². The van der Waals surface area contributed by atoms with Gasteiger partial charge in [-0.3, -0.25) is 14.8 Å². The van der Waals surface area contributed by atoms with Gasteiger partial charge in [0.15, 0.2) is 5.82 Å². The van der Waals surface area contributed by atoms with Gasteiger partial charge >= 0.3 is 0 Å². The average molecular weight is 342 g/mol. The summed E-state index contributed by atoms with van der Waals surface area (Å²) in [5, 5.41) is 7.50. The summed E-state index contributed by atoms with van der Waals surface area (Å²) in [6, 6.07) is 7.36. The van der Waals surface area contributed by atoms with Gasteiger partial charge in [-0.2, -0.15) is 4.98 Å². The summed E-state index contributed by atoms with van der Waals surface area (Å²) in [5.74, 6) is 0.972. The molecule has 1 aromatic carbocycles. The third-order valence-electron chi connectivity index (χ3n) is 2.92. The van der Waals surface area contributed by atoms with E-state index in [9.17, 15) is 4.79 Å². The molecule has 1 unspecified atom stereocenters. The van der Waals surface area contributed by atoms with E-state index in [0.717, 1.165) is 5.56 Å². The van der Waals surface area contributed by atoms with Crippen molar-refractivity contribution in [1.82, 2.24) is 15.2 Å². The molecule has 0 bridgehead atoms. The highest BCUT2D eigenvalue weighted by Gasteiger charge is 2.31. The van der Waals surface area contributed by atoms with Crippen LogP contribution in [0.1, 0.15) is 6.42 Å². The second-order valence-corrected chi connectivity index (χ2v) is 5.97. The first-order valence-electron chi connectivity index (χ1n) is 5.77. The van der Waals surface area contributed by atoms with Crippen molar-refractivity contribution in [3.63, 3.8) is 0 Å². The number of halogens is 2. The van der Waals surface area contributed by atoms with Gasteiger partial charge in [-0.05, 0) is 12.1 Å². The van der Waals surface area contributed by atoms with Crippen LogP contribution in [0.25, 0.3) is 11.4 Å². The molecule has 1 atom stereocenters. The fourth-order valence-corrected chi connectivity index (χ4v) is 2.80. The smallest absolute Gasteiger partial charge is 0.251 e. The number of hydrogen-bond acceptors (Lipinski definition) is 3. The number of hydrogen-bond donors (Lipinski definition) is 1. The molecule has 1 aromatic heterocycles. The Morgan fingerprint density at radius 3 is 2.89 bits per heavy atom. The molecule has 2 heterocycles. The monoisotopic (exact) mass is 340 g/mol. The van der Waals surface area contributed by atoms with Crippen LogP contribution in [-0.2, 0) is 4.79 Å². The molecule has 7 heteroatoms. The number of H-pyrrole nitrogens is 1. The highest BCUT2D eigenvalue weighted by Crippen LogP contribution is 2.27. The molecule has 1 aliphatic heterocycles. The predicted octanol–water partition coefficient (Wildman–Crippen LogP) is 2.63.